The normalized spacial score (nSPS) is 12.7. The van der Waals surface area contributed by atoms with Crippen molar-refractivity contribution in [3.05, 3.63) is 84.3 Å². The van der Waals surface area contributed by atoms with Crippen LogP contribution >= 0.6 is 10.9 Å². The number of carbonyl (C=O) groups is 1. The maximum absolute atomic E-state index is 14.8. The number of azo groups is 1. The Kier molecular flexibility index (Phi) is 12.3. The molecule has 0 spiro atoms. The van der Waals surface area contributed by atoms with Gasteiger partial charge in [-0.15, -0.1) is 10.2 Å². The van der Waals surface area contributed by atoms with E-state index in [1.165, 1.54) is 37.4 Å². The van der Waals surface area contributed by atoms with E-state index in [4.69, 9.17) is 4.74 Å². The zero-order valence-corrected chi connectivity index (χ0v) is 32.4. The SMILES string of the molecule is C=CS(=O)(=O)CCNC(=O)c1cccc(Nc2nc(F)nc(Nc3cc(S(=O)(=O)O)cc4cc(S(O)(O)O)c(N=Nc5ccc(OC)cc5S(=O)(=O)O)c(O)c34)n2)c1. The van der Waals surface area contributed by atoms with Crippen LogP contribution in [0.1, 0.15) is 10.4 Å². The Bertz CT molecular complexity index is 2840. The molecule has 0 saturated carbocycles. The maximum atomic E-state index is 14.8. The molecule has 0 unspecified atom stereocenters. The van der Waals surface area contributed by atoms with Crippen molar-refractivity contribution >= 4 is 92.3 Å². The minimum Gasteiger partial charge on any atom is -0.505 e. The summed E-state index contributed by atoms with van der Waals surface area (Å²) in [4.78, 5) is 21.0. The van der Waals surface area contributed by atoms with Crippen LogP contribution in [0.3, 0.4) is 0 Å². The summed E-state index contributed by atoms with van der Waals surface area (Å²) in [6.45, 7) is 2.96. The molecule has 58 heavy (non-hydrogen) atoms. The Morgan fingerprint density at radius 1 is 0.862 bits per heavy atom. The summed E-state index contributed by atoms with van der Waals surface area (Å²) in [5, 5.41) is 26.3. The summed E-state index contributed by atoms with van der Waals surface area (Å²) < 4.78 is 142. The smallest absolute Gasteiger partial charge is 0.315 e. The number of methoxy groups -OCH3 is 1. The molecule has 5 rings (SSSR count). The van der Waals surface area contributed by atoms with Crippen LogP contribution in [0.5, 0.6) is 11.5 Å². The number of aromatic nitrogens is 3. The van der Waals surface area contributed by atoms with Crippen LogP contribution in [-0.2, 0) is 30.1 Å². The number of rotatable bonds is 15. The topological polar surface area (TPSA) is 350 Å². The van der Waals surface area contributed by atoms with Gasteiger partial charge in [0.1, 0.15) is 32.9 Å². The maximum Gasteiger partial charge on any atom is 0.315 e. The van der Waals surface area contributed by atoms with Gasteiger partial charge in [0.15, 0.2) is 15.6 Å². The number of carbonyl (C=O) groups excluding carboxylic acids is 1. The molecule has 4 aromatic carbocycles. The molecule has 0 atom stereocenters. The van der Waals surface area contributed by atoms with E-state index in [2.05, 4.69) is 47.7 Å². The van der Waals surface area contributed by atoms with Crippen LogP contribution in [0.4, 0.5) is 39.0 Å². The third-order valence-electron chi connectivity index (χ3n) is 7.58. The van der Waals surface area contributed by atoms with Gasteiger partial charge in [-0.25, -0.2) is 8.42 Å². The molecule has 5 aromatic rings. The highest BCUT2D eigenvalue weighted by atomic mass is 32.3. The van der Waals surface area contributed by atoms with Crippen LogP contribution in [-0.4, -0.2) is 93.4 Å². The van der Waals surface area contributed by atoms with Gasteiger partial charge >= 0.3 is 6.08 Å². The highest BCUT2D eigenvalue weighted by Crippen LogP contribution is 2.55. The van der Waals surface area contributed by atoms with Crippen molar-refractivity contribution in [2.24, 2.45) is 10.2 Å². The number of fused-ring (bicyclic) bond motifs is 1. The lowest BCUT2D eigenvalue weighted by molar-refractivity contribution is 0.0956. The number of halogens is 1. The van der Waals surface area contributed by atoms with Crippen LogP contribution in [0.25, 0.3) is 10.8 Å². The predicted octanol–water partition coefficient (Wildman–Crippen LogP) is 5.14. The average molecular weight is 885 g/mol. The first-order valence-electron chi connectivity index (χ1n) is 15.6. The molecular weight excluding hydrogens is 856 g/mol. The van der Waals surface area contributed by atoms with Gasteiger partial charge in [-0.1, -0.05) is 12.6 Å². The van der Waals surface area contributed by atoms with E-state index >= 15 is 0 Å². The molecule has 0 radical (unpaired) electrons. The Labute approximate surface area is 329 Å². The fourth-order valence-electron chi connectivity index (χ4n) is 4.97. The number of aromatic hydroxyl groups is 1. The molecule has 1 aromatic heterocycles. The van der Waals surface area contributed by atoms with E-state index in [1.54, 1.807) is 0 Å². The van der Waals surface area contributed by atoms with Crippen molar-refractivity contribution in [3.63, 3.8) is 0 Å². The number of nitrogens with zero attached hydrogens (tertiary/aromatic N) is 5. The first-order valence-corrected chi connectivity index (χ1v) is 21.7. The second kappa shape index (κ2) is 16.5. The van der Waals surface area contributed by atoms with Gasteiger partial charge < -0.3 is 39.5 Å². The van der Waals surface area contributed by atoms with E-state index < -0.39 is 119 Å². The summed E-state index contributed by atoms with van der Waals surface area (Å²) >= 11 is 0. The number of ether oxygens (including phenoxy) is 1. The summed E-state index contributed by atoms with van der Waals surface area (Å²) in [6.07, 6.45) is -1.42. The number of phenolic OH excluding ortho intramolecular Hbond substituents is 1. The molecule has 308 valence electrons. The number of phenols is 1. The Morgan fingerprint density at radius 3 is 2.17 bits per heavy atom. The van der Waals surface area contributed by atoms with Crippen LogP contribution < -0.4 is 20.7 Å². The van der Waals surface area contributed by atoms with E-state index in [9.17, 15) is 62.3 Å². The van der Waals surface area contributed by atoms with Crippen LogP contribution in [0.2, 0.25) is 0 Å². The second-order valence-electron chi connectivity index (χ2n) is 11.5. The van der Waals surface area contributed by atoms with E-state index in [0.29, 0.717) is 0 Å². The van der Waals surface area contributed by atoms with Crippen molar-refractivity contribution in [1.82, 2.24) is 20.3 Å². The van der Waals surface area contributed by atoms with Crippen LogP contribution in [0.15, 0.2) is 97.6 Å². The lowest BCUT2D eigenvalue weighted by Gasteiger charge is -2.23. The second-order valence-corrected chi connectivity index (χ2v) is 17.9. The molecule has 22 nitrogen and oxygen atoms in total. The largest absolute Gasteiger partial charge is 0.505 e. The van der Waals surface area contributed by atoms with Crippen molar-refractivity contribution in [2.75, 3.05) is 30.0 Å². The number of benzene rings is 4. The minimum absolute atomic E-state index is 0.0311. The third-order valence-corrected chi connectivity index (χ3v) is 11.5. The third kappa shape index (κ3) is 10.3. The first-order chi connectivity index (χ1) is 27.0. The molecule has 0 saturated heterocycles. The van der Waals surface area contributed by atoms with Gasteiger partial charge in [0.25, 0.3) is 26.1 Å². The molecule has 0 bridgehead atoms. The molecule has 0 fully saturated rings. The Balaban J connectivity index is 1.58. The van der Waals surface area contributed by atoms with Gasteiger partial charge in [-0.2, -0.15) is 36.2 Å². The van der Waals surface area contributed by atoms with Crippen molar-refractivity contribution < 1.29 is 67.0 Å². The molecule has 1 heterocycles. The quantitative estimate of drug-likeness (QED) is 0.0485. The summed E-state index contributed by atoms with van der Waals surface area (Å²) in [7, 11) is -17.3. The number of hydrogen-bond acceptors (Lipinski definition) is 19. The summed E-state index contributed by atoms with van der Waals surface area (Å²) in [5.74, 6) is -3.34. The molecule has 0 aliphatic rings. The van der Waals surface area contributed by atoms with Crippen LogP contribution in [0, 0.1) is 6.08 Å². The monoisotopic (exact) mass is 884 g/mol. The Morgan fingerprint density at radius 2 is 1.55 bits per heavy atom. The molecule has 0 aliphatic heterocycles. The standard InChI is InChI=1S/C31H29FN8O14S4/c1-3-55(43,44)10-9-33-28(42)16-5-4-6-18(11-16)34-30-36-29(32)37-31(38-30)35-22-15-20(56(45,46)47)12-17-13-24(58(51,52)53)26(27(41)25(17)22)40-39-21-8-7-19(54-2)14-23(21)57(48,49)50/h3-8,11-15,41,51-53H,1,9-10H2,2H3,(H,33,42)(H,45,46,47)(H,48,49,50)(H2,34,35,36,37,38). The van der Waals surface area contributed by atoms with E-state index in [-0.39, 0.29) is 23.5 Å². The number of amides is 1. The molecule has 1 amide bonds. The number of sulfone groups is 1. The van der Waals surface area contributed by atoms with Gasteiger partial charge in [0.05, 0.1) is 28.3 Å². The average Bonchev–Trinajstić information content (AvgIpc) is 3.12. The first kappa shape index (κ1) is 43.2. The summed E-state index contributed by atoms with van der Waals surface area (Å²) in [6, 6.07) is 10.9. The fraction of sp³-hybridized carbons (Fsp3) is 0.0968. The highest BCUT2D eigenvalue weighted by Gasteiger charge is 2.28. The zero-order valence-electron chi connectivity index (χ0n) is 29.2. The van der Waals surface area contributed by atoms with E-state index in [1.807, 2.05) is 0 Å². The number of nitrogens with one attached hydrogen (secondary N) is 3. The van der Waals surface area contributed by atoms with Gasteiger partial charge in [0.2, 0.25) is 11.9 Å². The highest BCUT2D eigenvalue weighted by molar-refractivity contribution is 8.19. The molecule has 9 N–H and O–H groups in total. The van der Waals surface area contributed by atoms with Gasteiger partial charge in [-0.3, -0.25) is 13.9 Å². The molecule has 0 aliphatic carbocycles. The lowest BCUT2D eigenvalue weighted by Crippen LogP contribution is -2.28. The van der Waals surface area contributed by atoms with Gasteiger partial charge in [-0.05, 0) is 53.9 Å². The number of hydrogen-bond donors (Lipinski definition) is 9. The minimum atomic E-state index is -5.08. The Hall–Kier alpha value is -5.91. The fourth-order valence-corrected chi connectivity index (χ4v) is 7.39. The van der Waals surface area contributed by atoms with Crippen molar-refractivity contribution in [3.8, 4) is 11.5 Å². The molecular formula is C31H29FN8O14S4. The predicted molar refractivity (Wildman–Crippen MR) is 205 cm³/mol. The van der Waals surface area contributed by atoms with Gasteiger partial charge in [0, 0.05) is 34.7 Å². The number of anilines is 4. The van der Waals surface area contributed by atoms with Crippen molar-refractivity contribution in [2.45, 2.75) is 14.7 Å². The van der Waals surface area contributed by atoms with Crippen molar-refractivity contribution in [1.29, 1.82) is 0 Å². The zero-order chi connectivity index (χ0) is 42.8. The molecule has 27 heteroatoms. The summed E-state index contributed by atoms with van der Waals surface area (Å²) in [5.41, 5.74) is -1.83. The van der Waals surface area contributed by atoms with E-state index in [0.717, 1.165) is 35.7 Å². The lowest BCUT2D eigenvalue weighted by atomic mass is 10.1.